The summed E-state index contributed by atoms with van der Waals surface area (Å²) in [6.45, 7) is 3.08. The van der Waals surface area contributed by atoms with Gasteiger partial charge in [-0.2, -0.15) is 0 Å². The van der Waals surface area contributed by atoms with Crippen LogP contribution in [-0.2, 0) is 6.42 Å². The molecule has 1 aromatic rings. The van der Waals surface area contributed by atoms with E-state index in [4.69, 9.17) is 4.74 Å². The maximum Gasteiger partial charge on any atom is 0.124 e. The van der Waals surface area contributed by atoms with Crippen molar-refractivity contribution in [1.29, 1.82) is 0 Å². The minimum absolute atomic E-state index is 0.376. The van der Waals surface area contributed by atoms with Crippen LogP contribution in [-0.4, -0.2) is 44.7 Å². The molecule has 1 N–H and O–H groups in total. The first-order valence-electron chi connectivity index (χ1n) is 5.87. The average Bonchev–Trinajstić information content (AvgIpc) is 2.26. The van der Waals surface area contributed by atoms with Crippen LogP contribution in [0.1, 0.15) is 5.56 Å². The summed E-state index contributed by atoms with van der Waals surface area (Å²) in [6.07, 6.45) is 1.40. The molecule has 3 nitrogen and oxygen atoms in total. The quantitative estimate of drug-likeness (QED) is 0.805. The Morgan fingerprint density at radius 2 is 2.12 bits per heavy atom. The molecule has 0 atom stereocenters. The number of hydrogen-bond donors (Lipinski definition) is 1. The molecule has 1 aromatic carbocycles. The fourth-order valence-corrected chi connectivity index (χ4v) is 1.98. The van der Waals surface area contributed by atoms with Crippen LogP contribution in [0.4, 0.5) is 0 Å². The molecular formula is C13H20N2O. The molecule has 1 aliphatic rings. The zero-order valence-electron chi connectivity index (χ0n) is 10.1. The van der Waals surface area contributed by atoms with Gasteiger partial charge in [0.05, 0.1) is 0 Å². The minimum Gasteiger partial charge on any atom is -0.487 e. The number of nitrogens with zero attached hydrogens (tertiary/aromatic N) is 1. The number of likely N-dealkylation sites (N-methyl/N-ethyl adjacent to an activating group) is 2. The van der Waals surface area contributed by atoms with Gasteiger partial charge in [0, 0.05) is 13.1 Å². The van der Waals surface area contributed by atoms with Gasteiger partial charge in [-0.1, -0.05) is 18.2 Å². The van der Waals surface area contributed by atoms with Gasteiger partial charge in [0.25, 0.3) is 0 Å². The molecule has 0 radical (unpaired) electrons. The molecule has 0 amide bonds. The van der Waals surface area contributed by atoms with Crippen LogP contribution in [0.3, 0.4) is 0 Å². The smallest absolute Gasteiger partial charge is 0.124 e. The summed E-state index contributed by atoms with van der Waals surface area (Å²) in [4.78, 5) is 2.26. The van der Waals surface area contributed by atoms with Crippen LogP contribution in [0, 0.1) is 0 Å². The predicted molar refractivity (Wildman–Crippen MR) is 66.0 cm³/mol. The summed E-state index contributed by atoms with van der Waals surface area (Å²) in [7, 11) is 4.09. The zero-order chi connectivity index (χ0) is 11.4. The Morgan fingerprint density at radius 1 is 1.38 bits per heavy atom. The molecule has 16 heavy (non-hydrogen) atoms. The average molecular weight is 220 g/mol. The Balaban J connectivity index is 1.96. The lowest BCUT2D eigenvalue weighted by atomic mass is 10.1. The summed E-state index contributed by atoms with van der Waals surface area (Å²) in [6, 6.07) is 8.34. The van der Waals surface area contributed by atoms with E-state index in [1.165, 1.54) is 5.56 Å². The van der Waals surface area contributed by atoms with Crippen LogP contribution in [0.5, 0.6) is 5.75 Å². The molecule has 0 bridgehead atoms. The van der Waals surface area contributed by atoms with Gasteiger partial charge in [0.1, 0.15) is 11.9 Å². The molecule has 0 saturated carbocycles. The number of hydrogen-bond acceptors (Lipinski definition) is 3. The van der Waals surface area contributed by atoms with Crippen molar-refractivity contribution in [3.8, 4) is 5.75 Å². The van der Waals surface area contributed by atoms with E-state index >= 15 is 0 Å². The Bertz CT molecular complexity index is 334. The Labute approximate surface area is 97.4 Å². The van der Waals surface area contributed by atoms with Gasteiger partial charge >= 0.3 is 0 Å². The summed E-state index contributed by atoms with van der Waals surface area (Å²) >= 11 is 0. The van der Waals surface area contributed by atoms with Gasteiger partial charge in [-0.05, 0) is 38.7 Å². The van der Waals surface area contributed by atoms with Gasteiger partial charge in [0.15, 0.2) is 0 Å². The van der Waals surface area contributed by atoms with Gasteiger partial charge in [-0.15, -0.1) is 0 Å². The van der Waals surface area contributed by atoms with Crippen LogP contribution in [0.15, 0.2) is 24.3 Å². The summed E-state index contributed by atoms with van der Waals surface area (Å²) in [5, 5.41) is 3.17. The second-order valence-corrected chi connectivity index (χ2v) is 4.42. The highest BCUT2D eigenvalue weighted by Crippen LogP contribution is 2.22. The van der Waals surface area contributed by atoms with Crippen LogP contribution < -0.4 is 10.1 Å². The minimum atomic E-state index is 0.376. The second-order valence-electron chi connectivity index (χ2n) is 4.42. The second kappa shape index (κ2) is 5.32. The zero-order valence-corrected chi connectivity index (χ0v) is 10.1. The van der Waals surface area contributed by atoms with E-state index in [0.29, 0.717) is 6.10 Å². The van der Waals surface area contributed by atoms with Crippen molar-refractivity contribution < 1.29 is 4.74 Å². The maximum absolute atomic E-state index is 5.98. The number of likely N-dealkylation sites (tertiary alicyclic amines) is 1. The van der Waals surface area contributed by atoms with E-state index in [2.05, 4.69) is 35.5 Å². The van der Waals surface area contributed by atoms with Gasteiger partial charge in [0.2, 0.25) is 0 Å². The van der Waals surface area contributed by atoms with E-state index < -0.39 is 0 Å². The fourth-order valence-electron chi connectivity index (χ4n) is 1.98. The lowest BCUT2D eigenvalue weighted by molar-refractivity contribution is 0.0381. The van der Waals surface area contributed by atoms with E-state index in [1.807, 2.05) is 13.1 Å². The molecule has 3 heteroatoms. The molecule has 0 spiro atoms. The Morgan fingerprint density at radius 3 is 2.81 bits per heavy atom. The Kier molecular flexibility index (Phi) is 3.80. The van der Waals surface area contributed by atoms with E-state index in [1.54, 1.807) is 0 Å². The fraction of sp³-hybridized carbons (Fsp3) is 0.538. The molecule has 1 saturated heterocycles. The molecule has 0 aromatic heterocycles. The molecule has 1 heterocycles. The van der Waals surface area contributed by atoms with Crippen LogP contribution in [0.25, 0.3) is 0 Å². The van der Waals surface area contributed by atoms with Crippen molar-refractivity contribution in [3.63, 3.8) is 0 Å². The SMILES string of the molecule is CNCCc1ccccc1OC1CN(C)C1. The molecule has 0 aliphatic carbocycles. The first kappa shape index (κ1) is 11.4. The van der Waals surface area contributed by atoms with Crippen LogP contribution in [0.2, 0.25) is 0 Å². The molecule has 88 valence electrons. The number of nitrogens with one attached hydrogen (secondary N) is 1. The van der Waals surface area contributed by atoms with Crippen molar-refractivity contribution >= 4 is 0 Å². The van der Waals surface area contributed by atoms with E-state index in [0.717, 1.165) is 31.8 Å². The third kappa shape index (κ3) is 2.74. The van der Waals surface area contributed by atoms with Gasteiger partial charge < -0.3 is 10.1 Å². The lowest BCUT2D eigenvalue weighted by Crippen LogP contribution is -2.51. The van der Waals surface area contributed by atoms with Crippen molar-refractivity contribution in [2.24, 2.45) is 0 Å². The molecule has 2 rings (SSSR count). The number of benzene rings is 1. The number of ether oxygens (including phenoxy) is 1. The largest absolute Gasteiger partial charge is 0.487 e. The lowest BCUT2D eigenvalue weighted by Gasteiger charge is -2.36. The molecule has 1 aliphatic heterocycles. The summed E-state index contributed by atoms with van der Waals surface area (Å²) in [5.41, 5.74) is 1.30. The summed E-state index contributed by atoms with van der Waals surface area (Å²) < 4.78 is 5.98. The normalized spacial score (nSPS) is 17.1. The number of rotatable bonds is 5. The highest BCUT2D eigenvalue weighted by Gasteiger charge is 2.25. The monoisotopic (exact) mass is 220 g/mol. The Hall–Kier alpha value is -1.06. The molecular weight excluding hydrogens is 200 g/mol. The first-order valence-corrected chi connectivity index (χ1v) is 5.87. The van der Waals surface area contributed by atoms with Gasteiger partial charge in [-0.3, -0.25) is 4.90 Å². The highest BCUT2D eigenvalue weighted by atomic mass is 16.5. The predicted octanol–water partition coefficient (Wildman–Crippen LogP) is 1.14. The topological polar surface area (TPSA) is 24.5 Å². The first-order chi connectivity index (χ1) is 7.79. The van der Waals surface area contributed by atoms with Gasteiger partial charge in [-0.25, -0.2) is 0 Å². The summed E-state index contributed by atoms with van der Waals surface area (Å²) in [5.74, 6) is 1.05. The van der Waals surface area contributed by atoms with Crippen molar-refractivity contribution in [3.05, 3.63) is 29.8 Å². The third-order valence-corrected chi connectivity index (χ3v) is 2.94. The standard InChI is InChI=1S/C13H20N2O/c1-14-8-7-11-5-3-4-6-13(11)16-12-9-15(2)10-12/h3-6,12,14H,7-10H2,1-2H3. The molecule has 0 unspecified atom stereocenters. The highest BCUT2D eigenvalue weighted by molar-refractivity contribution is 5.34. The number of para-hydroxylation sites is 1. The van der Waals surface area contributed by atoms with Crippen molar-refractivity contribution in [2.75, 3.05) is 33.7 Å². The third-order valence-electron chi connectivity index (χ3n) is 2.94. The maximum atomic E-state index is 5.98. The van der Waals surface area contributed by atoms with E-state index in [9.17, 15) is 0 Å². The van der Waals surface area contributed by atoms with Crippen molar-refractivity contribution in [1.82, 2.24) is 10.2 Å². The van der Waals surface area contributed by atoms with E-state index in [-0.39, 0.29) is 0 Å². The molecule has 1 fully saturated rings. The van der Waals surface area contributed by atoms with Crippen LogP contribution >= 0.6 is 0 Å². The van der Waals surface area contributed by atoms with Crippen molar-refractivity contribution in [2.45, 2.75) is 12.5 Å².